The van der Waals surface area contributed by atoms with Crippen LogP contribution in [0.15, 0.2) is 24.3 Å². The molecule has 0 radical (unpaired) electrons. The van der Waals surface area contributed by atoms with Crippen LogP contribution in [0.1, 0.15) is 12.0 Å². The van der Waals surface area contributed by atoms with E-state index in [1.54, 1.807) is 7.05 Å². The van der Waals surface area contributed by atoms with Crippen molar-refractivity contribution in [3.8, 4) is 0 Å². The first-order chi connectivity index (χ1) is 7.76. The van der Waals surface area contributed by atoms with E-state index in [0.29, 0.717) is 6.54 Å². The molecule has 3 N–H and O–H groups in total. The number of carbonyl (C=O) groups excluding carboxylic acids is 1. The summed E-state index contributed by atoms with van der Waals surface area (Å²) in [4.78, 5) is 11.3. The lowest BCUT2D eigenvalue weighted by atomic mass is 10.1. The Morgan fingerprint density at radius 2 is 2.25 bits per heavy atom. The quantitative estimate of drug-likeness (QED) is 0.666. The van der Waals surface area contributed by atoms with Gasteiger partial charge in [-0.1, -0.05) is 12.1 Å². The maximum Gasteiger partial charge on any atom is 0.238 e. The molecule has 1 amide bonds. The molecule has 88 valence electrons. The number of benzene rings is 1. The van der Waals surface area contributed by atoms with E-state index in [4.69, 9.17) is 5.11 Å². The molecule has 0 aliphatic heterocycles. The summed E-state index contributed by atoms with van der Waals surface area (Å²) in [7, 11) is 1.73. The van der Waals surface area contributed by atoms with Gasteiger partial charge in [0.2, 0.25) is 5.91 Å². The lowest BCUT2D eigenvalue weighted by Crippen LogP contribution is -2.25. The monoisotopic (exact) mass is 222 g/mol. The normalized spacial score (nSPS) is 10.1. The Morgan fingerprint density at radius 1 is 1.44 bits per heavy atom. The van der Waals surface area contributed by atoms with E-state index < -0.39 is 0 Å². The van der Waals surface area contributed by atoms with Gasteiger partial charge in [0.1, 0.15) is 0 Å². The SMILES string of the molecule is CNCC(=O)Nc1cccc(CCCO)c1. The summed E-state index contributed by atoms with van der Waals surface area (Å²) < 4.78 is 0. The van der Waals surface area contributed by atoms with E-state index in [2.05, 4.69) is 10.6 Å². The number of carbonyl (C=O) groups is 1. The molecule has 0 aromatic heterocycles. The first-order valence-electron chi connectivity index (χ1n) is 5.40. The predicted molar refractivity (Wildman–Crippen MR) is 64.4 cm³/mol. The summed E-state index contributed by atoms with van der Waals surface area (Å²) >= 11 is 0. The Bertz CT molecular complexity index is 340. The van der Waals surface area contributed by atoms with Crippen molar-refractivity contribution in [1.29, 1.82) is 0 Å². The molecular formula is C12H18N2O2. The molecule has 16 heavy (non-hydrogen) atoms. The van der Waals surface area contributed by atoms with Crippen LogP contribution >= 0.6 is 0 Å². The van der Waals surface area contributed by atoms with E-state index in [9.17, 15) is 4.79 Å². The van der Waals surface area contributed by atoms with Gasteiger partial charge in [0.15, 0.2) is 0 Å². The summed E-state index contributed by atoms with van der Waals surface area (Å²) in [5.74, 6) is -0.0539. The Hall–Kier alpha value is -1.39. The molecule has 4 heteroatoms. The first kappa shape index (κ1) is 12.7. The van der Waals surface area contributed by atoms with Crippen molar-refractivity contribution >= 4 is 11.6 Å². The summed E-state index contributed by atoms with van der Waals surface area (Å²) in [6.45, 7) is 0.497. The number of hydrogen-bond acceptors (Lipinski definition) is 3. The number of nitrogens with one attached hydrogen (secondary N) is 2. The molecular weight excluding hydrogens is 204 g/mol. The first-order valence-corrected chi connectivity index (χ1v) is 5.40. The summed E-state index contributed by atoms with van der Waals surface area (Å²) in [6, 6.07) is 7.68. The molecule has 4 nitrogen and oxygen atoms in total. The number of likely N-dealkylation sites (N-methyl/N-ethyl adjacent to an activating group) is 1. The molecule has 0 heterocycles. The van der Waals surface area contributed by atoms with Crippen molar-refractivity contribution in [3.05, 3.63) is 29.8 Å². The maximum absolute atomic E-state index is 11.3. The van der Waals surface area contributed by atoms with E-state index in [0.717, 1.165) is 24.1 Å². The number of anilines is 1. The van der Waals surface area contributed by atoms with Gasteiger partial charge in [-0.25, -0.2) is 0 Å². The average Bonchev–Trinajstić information content (AvgIpc) is 2.27. The summed E-state index contributed by atoms with van der Waals surface area (Å²) in [5.41, 5.74) is 1.92. The molecule has 0 unspecified atom stereocenters. The molecule has 0 atom stereocenters. The minimum absolute atomic E-state index is 0.0539. The zero-order valence-electron chi connectivity index (χ0n) is 9.49. The topological polar surface area (TPSA) is 61.4 Å². The molecule has 0 fully saturated rings. The van der Waals surface area contributed by atoms with E-state index >= 15 is 0 Å². The van der Waals surface area contributed by atoms with Crippen LogP contribution < -0.4 is 10.6 Å². The molecule has 0 saturated heterocycles. The Balaban J connectivity index is 2.56. The van der Waals surface area contributed by atoms with Crippen LogP contribution in [0.5, 0.6) is 0 Å². The maximum atomic E-state index is 11.3. The molecule has 0 bridgehead atoms. The van der Waals surface area contributed by atoms with Crippen LogP contribution in [0, 0.1) is 0 Å². The number of aliphatic hydroxyl groups excluding tert-OH is 1. The minimum atomic E-state index is -0.0539. The fraction of sp³-hybridized carbons (Fsp3) is 0.417. The standard InChI is InChI=1S/C12H18N2O2/c1-13-9-12(16)14-11-6-2-4-10(8-11)5-3-7-15/h2,4,6,8,13,15H,3,5,7,9H2,1H3,(H,14,16). The summed E-state index contributed by atoms with van der Waals surface area (Å²) in [6.07, 6.45) is 1.57. The molecule has 0 spiro atoms. The van der Waals surface area contributed by atoms with Crippen LogP contribution in [0.3, 0.4) is 0 Å². The highest BCUT2D eigenvalue weighted by atomic mass is 16.2. The van der Waals surface area contributed by atoms with Gasteiger partial charge >= 0.3 is 0 Å². The summed E-state index contributed by atoms with van der Waals surface area (Å²) in [5, 5.41) is 14.3. The van der Waals surface area contributed by atoms with Crippen LogP contribution in [-0.4, -0.2) is 31.2 Å². The van der Waals surface area contributed by atoms with Gasteiger partial charge in [-0.15, -0.1) is 0 Å². The van der Waals surface area contributed by atoms with Crippen LogP contribution in [0.25, 0.3) is 0 Å². The Labute approximate surface area is 95.7 Å². The van der Waals surface area contributed by atoms with Gasteiger partial charge in [0, 0.05) is 12.3 Å². The minimum Gasteiger partial charge on any atom is -0.396 e. The van der Waals surface area contributed by atoms with Gasteiger partial charge in [-0.05, 0) is 37.6 Å². The van der Waals surface area contributed by atoms with Gasteiger partial charge in [0.05, 0.1) is 6.54 Å². The van der Waals surface area contributed by atoms with E-state index in [-0.39, 0.29) is 12.5 Å². The van der Waals surface area contributed by atoms with Gasteiger partial charge in [0.25, 0.3) is 0 Å². The second-order valence-electron chi connectivity index (χ2n) is 3.61. The fourth-order valence-electron chi connectivity index (χ4n) is 1.45. The molecule has 0 aliphatic carbocycles. The third-order valence-corrected chi connectivity index (χ3v) is 2.17. The van der Waals surface area contributed by atoms with Crippen molar-refractivity contribution in [2.24, 2.45) is 0 Å². The third kappa shape index (κ3) is 4.42. The Kier molecular flexibility index (Phi) is 5.53. The van der Waals surface area contributed by atoms with Gasteiger partial charge in [-0.3, -0.25) is 4.79 Å². The third-order valence-electron chi connectivity index (χ3n) is 2.17. The second kappa shape index (κ2) is 6.98. The molecule has 0 aliphatic rings. The number of aliphatic hydroxyl groups is 1. The number of rotatable bonds is 6. The molecule has 0 saturated carbocycles. The van der Waals surface area contributed by atoms with Crippen molar-refractivity contribution in [2.75, 3.05) is 25.5 Å². The van der Waals surface area contributed by atoms with Crippen molar-refractivity contribution in [3.63, 3.8) is 0 Å². The van der Waals surface area contributed by atoms with Crippen molar-refractivity contribution in [2.45, 2.75) is 12.8 Å². The van der Waals surface area contributed by atoms with Gasteiger partial charge < -0.3 is 15.7 Å². The fourth-order valence-corrected chi connectivity index (χ4v) is 1.45. The highest BCUT2D eigenvalue weighted by Crippen LogP contribution is 2.11. The number of hydrogen-bond donors (Lipinski definition) is 3. The lowest BCUT2D eigenvalue weighted by Gasteiger charge is -2.06. The van der Waals surface area contributed by atoms with Crippen molar-refractivity contribution < 1.29 is 9.90 Å². The average molecular weight is 222 g/mol. The predicted octanol–water partition coefficient (Wildman–Crippen LogP) is 0.769. The lowest BCUT2D eigenvalue weighted by molar-refractivity contribution is -0.115. The molecule has 1 aromatic carbocycles. The zero-order valence-corrected chi connectivity index (χ0v) is 9.49. The number of aryl methyl sites for hydroxylation is 1. The largest absolute Gasteiger partial charge is 0.396 e. The highest BCUT2D eigenvalue weighted by molar-refractivity contribution is 5.92. The van der Waals surface area contributed by atoms with E-state index in [1.807, 2.05) is 24.3 Å². The second-order valence-corrected chi connectivity index (χ2v) is 3.61. The zero-order chi connectivity index (χ0) is 11.8. The molecule has 1 rings (SSSR count). The van der Waals surface area contributed by atoms with E-state index in [1.165, 1.54) is 0 Å². The Morgan fingerprint density at radius 3 is 2.94 bits per heavy atom. The number of amides is 1. The molecule has 1 aromatic rings. The van der Waals surface area contributed by atoms with Crippen LogP contribution in [-0.2, 0) is 11.2 Å². The van der Waals surface area contributed by atoms with Crippen LogP contribution in [0.4, 0.5) is 5.69 Å². The highest BCUT2D eigenvalue weighted by Gasteiger charge is 2.01. The smallest absolute Gasteiger partial charge is 0.238 e. The van der Waals surface area contributed by atoms with Crippen LogP contribution in [0.2, 0.25) is 0 Å². The van der Waals surface area contributed by atoms with Crippen molar-refractivity contribution in [1.82, 2.24) is 5.32 Å². The van der Waals surface area contributed by atoms with Gasteiger partial charge in [-0.2, -0.15) is 0 Å².